The lowest BCUT2D eigenvalue weighted by Crippen LogP contribution is -2.33. The minimum atomic E-state index is 0.387. The lowest BCUT2D eigenvalue weighted by Gasteiger charge is -2.27. The number of hydrogen-bond acceptors (Lipinski definition) is 2. The van der Waals surface area contributed by atoms with Gasteiger partial charge in [-0.25, -0.2) is 0 Å². The standard InChI is InChI=1S/C17H32ClN3/c1-8-19-14(9-12(2)11-17(4,5)6)10-15-13(3)20-21(7)16(15)18/h12,14,19H,8-11H2,1-7H3. The van der Waals surface area contributed by atoms with Gasteiger partial charge in [0.2, 0.25) is 0 Å². The predicted octanol–water partition coefficient (Wildman–Crippen LogP) is 4.36. The third kappa shape index (κ3) is 5.99. The van der Waals surface area contributed by atoms with Crippen molar-refractivity contribution in [2.75, 3.05) is 6.54 Å². The van der Waals surface area contributed by atoms with E-state index in [0.29, 0.717) is 17.4 Å². The Balaban J connectivity index is 2.73. The van der Waals surface area contributed by atoms with Crippen LogP contribution >= 0.6 is 11.6 Å². The first-order valence-electron chi connectivity index (χ1n) is 8.05. The summed E-state index contributed by atoms with van der Waals surface area (Å²) in [5, 5.41) is 8.81. The number of halogens is 1. The van der Waals surface area contributed by atoms with Crippen molar-refractivity contribution in [1.29, 1.82) is 0 Å². The van der Waals surface area contributed by atoms with Gasteiger partial charge in [0.15, 0.2) is 0 Å². The minimum Gasteiger partial charge on any atom is -0.314 e. The Labute approximate surface area is 135 Å². The van der Waals surface area contributed by atoms with Crippen molar-refractivity contribution in [2.45, 2.75) is 66.8 Å². The van der Waals surface area contributed by atoms with Crippen LogP contribution < -0.4 is 5.32 Å². The van der Waals surface area contributed by atoms with Gasteiger partial charge in [0.05, 0.1) is 5.69 Å². The van der Waals surface area contributed by atoms with Gasteiger partial charge < -0.3 is 5.32 Å². The van der Waals surface area contributed by atoms with Crippen LogP contribution in [0.3, 0.4) is 0 Å². The van der Waals surface area contributed by atoms with Gasteiger partial charge in [-0.15, -0.1) is 0 Å². The lowest BCUT2D eigenvalue weighted by atomic mass is 9.82. The van der Waals surface area contributed by atoms with Gasteiger partial charge in [0, 0.05) is 18.7 Å². The van der Waals surface area contributed by atoms with Crippen LogP contribution in [0.2, 0.25) is 5.15 Å². The monoisotopic (exact) mass is 313 g/mol. The molecule has 0 radical (unpaired) electrons. The van der Waals surface area contributed by atoms with Crippen LogP contribution in [0.4, 0.5) is 0 Å². The first kappa shape index (κ1) is 18.5. The normalized spacial score (nSPS) is 15.2. The third-order valence-corrected chi connectivity index (χ3v) is 4.33. The van der Waals surface area contributed by atoms with Crippen molar-refractivity contribution < 1.29 is 0 Å². The van der Waals surface area contributed by atoms with Crippen LogP contribution in [0.15, 0.2) is 0 Å². The Kier molecular flexibility index (Phi) is 6.73. The molecular formula is C17H32ClN3. The van der Waals surface area contributed by atoms with Crippen molar-refractivity contribution in [3.05, 3.63) is 16.4 Å². The molecule has 2 unspecified atom stereocenters. The summed E-state index contributed by atoms with van der Waals surface area (Å²) < 4.78 is 1.77. The molecule has 0 aliphatic carbocycles. The van der Waals surface area contributed by atoms with Crippen molar-refractivity contribution in [1.82, 2.24) is 15.1 Å². The van der Waals surface area contributed by atoms with E-state index < -0.39 is 0 Å². The summed E-state index contributed by atoms with van der Waals surface area (Å²) in [5.41, 5.74) is 2.62. The molecule has 0 saturated carbocycles. The number of hydrogen-bond donors (Lipinski definition) is 1. The Bertz CT molecular complexity index is 446. The highest BCUT2D eigenvalue weighted by molar-refractivity contribution is 6.30. The molecule has 1 rings (SSSR count). The fourth-order valence-electron chi connectivity index (χ4n) is 3.29. The molecule has 0 saturated heterocycles. The van der Waals surface area contributed by atoms with Gasteiger partial charge in [-0.05, 0) is 44.1 Å². The Hall–Kier alpha value is -0.540. The maximum absolute atomic E-state index is 6.37. The first-order chi connectivity index (χ1) is 9.64. The zero-order valence-corrected chi connectivity index (χ0v) is 15.5. The fourth-order valence-corrected chi connectivity index (χ4v) is 3.55. The molecule has 21 heavy (non-hydrogen) atoms. The summed E-state index contributed by atoms with van der Waals surface area (Å²) in [5.74, 6) is 0.699. The van der Waals surface area contributed by atoms with Crippen molar-refractivity contribution in [3.63, 3.8) is 0 Å². The van der Waals surface area contributed by atoms with E-state index >= 15 is 0 Å². The van der Waals surface area contributed by atoms with Crippen LogP contribution in [-0.4, -0.2) is 22.4 Å². The second-order valence-electron chi connectivity index (χ2n) is 7.54. The molecule has 2 atom stereocenters. The van der Waals surface area contributed by atoms with E-state index in [-0.39, 0.29) is 0 Å². The average molecular weight is 314 g/mol. The van der Waals surface area contributed by atoms with Gasteiger partial charge in [-0.2, -0.15) is 5.10 Å². The van der Waals surface area contributed by atoms with Crippen LogP contribution in [-0.2, 0) is 13.5 Å². The number of nitrogens with one attached hydrogen (secondary N) is 1. The van der Waals surface area contributed by atoms with E-state index in [4.69, 9.17) is 11.6 Å². The number of likely N-dealkylation sites (N-methyl/N-ethyl adjacent to an activating group) is 1. The molecule has 0 aliphatic rings. The summed E-state index contributed by atoms with van der Waals surface area (Å²) in [6, 6.07) is 0.466. The van der Waals surface area contributed by atoms with Crippen LogP contribution in [0.5, 0.6) is 0 Å². The Morgan fingerprint density at radius 3 is 2.38 bits per heavy atom. The minimum absolute atomic E-state index is 0.387. The van der Waals surface area contributed by atoms with Gasteiger partial charge in [-0.1, -0.05) is 46.2 Å². The van der Waals surface area contributed by atoms with Crippen molar-refractivity contribution in [3.8, 4) is 0 Å². The number of aryl methyl sites for hydroxylation is 2. The molecule has 0 spiro atoms. The molecule has 0 fully saturated rings. The zero-order valence-electron chi connectivity index (χ0n) is 14.8. The maximum atomic E-state index is 6.37. The van der Waals surface area contributed by atoms with Crippen LogP contribution in [0.1, 0.15) is 58.7 Å². The largest absolute Gasteiger partial charge is 0.314 e. The van der Waals surface area contributed by atoms with E-state index in [1.807, 2.05) is 14.0 Å². The molecule has 1 aromatic rings. The number of aromatic nitrogens is 2. The van der Waals surface area contributed by atoms with Crippen LogP contribution in [0.25, 0.3) is 0 Å². The topological polar surface area (TPSA) is 29.9 Å². The highest BCUT2D eigenvalue weighted by Gasteiger charge is 2.21. The molecule has 3 nitrogen and oxygen atoms in total. The van der Waals surface area contributed by atoms with E-state index in [1.54, 1.807) is 4.68 Å². The van der Waals surface area contributed by atoms with Crippen LogP contribution in [0, 0.1) is 18.3 Å². The van der Waals surface area contributed by atoms with E-state index in [9.17, 15) is 0 Å². The number of nitrogens with zero attached hydrogens (tertiary/aromatic N) is 2. The van der Waals surface area contributed by atoms with E-state index in [0.717, 1.165) is 23.8 Å². The van der Waals surface area contributed by atoms with Gasteiger partial charge >= 0.3 is 0 Å². The third-order valence-electron chi connectivity index (χ3n) is 3.86. The summed E-state index contributed by atoms with van der Waals surface area (Å²) in [4.78, 5) is 0. The predicted molar refractivity (Wildman–Crippen MR) is 92.0 cm³/mol. The molecule has 0 aromatic carbocycles. The molecular weight excluding hydrogens is 282 g/mol. The van der Waals surface area contributed by atoms with Gasteiger partial charge in [0.25, 0.3) is 0 Å². The average Bonchev–Trinajstić information content (AvgIpc) is 2.53. The highest BCUT2D eigenvalue weighted by Crippen LogP contribution is 2.28. The number of rotatable bonds is 7. The highest BCUT2D eigenvalue weighted by atomic mass is 35.5. The molecule has 0 bridgehead atoms. The fraction of sp³-hybridized carbons (Fsp3) is 0.824. The SMILES string of the molecule is CCNC(Cc1c(C)nn(C)c1Cl)CC(C)CC(C)(C)C. The quantitative estimate of drug-likeness (QED) is 0.810. The van der Waals surface area contributed by atoms with E-state index in [1.165, 1.54) is 18.4 Å². The second-order valence-corrected chi connectivity index (χ2v) is 7.90. The second kappa shape index (κ2) is 7.64. The van der Waals surface area contributed by atoms with Gasteiger partial charge in [0.1, 0.15) is 5.15 Å². The molecule has 122 valence electrons. The molecule has 4 heteroatoms. The van der Waals surface area contributed by atoms with Gasteiger partial charge in [-0.3, -0.25) is 4.68 Å². The molecule has 1 aromatic heterocycles. The summed E-state index contributed by atoms with van der Waals surface area (Å²) in [6.07, 6.45) is 3.38. The molecule has 0 amide bonds. The first-order valence-corrected chi connectivity index (χ1v) is 8.43. The maximum Gasteiger partial charge on any atom is 0.130 e. The summed E-state index contributed by atoms with van der Waals surface area (Å²) in [6.45, 7) is 14.5. The molecule has 0 aliphatic heterocycles. The zero-order chi connectivity index (χ0) is 16.2. The van der Waals surface area contributed by atoms with E-state index in [2.05, 4.69) is 45.0 Å². The Morgan fingerprint density at radius 2 is 1.95 bits per heavy atom. The lowest BCUT2D eigenvalue weighted by molar-refractivity contribution is 0.275. The Morgan fingerprint density at radius 1 is 1.33 bits per heavy atom. The molecule has 1 N–H and O–H groups in total. The van der Waals surface area contributed by atoms with Crippen molar-refractivity contribution >= 4 is 11.6 Å². The summed E-state index contributed by atoms with van der Waals surface area (Å²) in [7, 11) is 1.91. The smallest absolute Gasteiger partial charge is 0.130 e. The van der Waals surface area contributed by atoms with Crippen molar-refractivity contribution in [2.24, 2.45) is 18.4 Å². The molecule has 1 heterocycles. The summed E-state index contributed by atoms with van der Waals surface area (Å²) >= 11 is 6.37.